The quantitative estimate of drug-likeness (QED) is 0.391. The summed E-state index contributed by atoms with van der Waals surface area (Å²) >= 11 is 6.00. The molecule has 0 saturated carbocycles. The number of nitrogens with one attached hydrogen (secondary N) is 1. The fourth-order valence-corrected chi connectivity index (χ4v) is 3.20. The van der Waals surface area contributed by atoms with Gasteiger partial charge in [0.1, 0.15) is 0 Å². The van der Waals surface area contributed by atoms with E-state index in [0.717, 1.165) is 5.56 Å². The molecule has 1 aliphatic rings. The maximum absolute atomic E-state index is 12.9. The number of halogens is 1. The normalized spacial score (nSPS) is 14.0. The van der Waals surface area contributed by atoms with E-state index in [1.165, 1.54) is 0 Å². The molecular formula is C24H15ClN2O2. The van der Waals surface area contributed by atoms with Crippen LogP contribution < -0.4 is 5.32 Å². The van der Waals surface area contributed by atoms with Crippen LogP contribution in [0.2, 0.25) is 5.02 Å². The third-order valence-corrected chi connectivity index (χ3v) is 4.67. The maximum atomic E-state index is 12.9. The Bertz CT molecular complexity index is 1200. The number of carbonyl (C=O) groups is 2. The van der Waals surface area contributed by atoms with Gasteiger partial charge in [0.05, 0.1) is 11.3 Å². The summed E-state index contributed by atoms with van der Waals surface area (Å²) in [4.78, 5) is 29.3. The van der Waals surface area contributed by atoms with E-state index in [4.69, 9.17) is 11.6 Å². The first-order valence-electron chi connectivity index (χ1n) is 8.95. The van der Waals surface area contributed by atoms with Crippen LogP contribution >= 0.6 is 11.6 Å². The van der Waals surface area contributed by atoms with Crippen LogP contribution in [0.1, 0.15) is 27.0 Å². The first-order chi connectivity index (χ1) is 14.1. The molecule has 0 saturated heterocycles. The molecule has 0 atom stereocenters. The topological polar surface area (TPSA) is 59.1 Å². The zero-order valence-corrected chi connectivity index (χ0v) is 16.0. The lowest BCUT2D eigenvalue weighted by Gasteiger charge is -2.18. The minimum absolute atomic E-state index is 0.0710. The number of carbonyl (C=O) groups excluding carboxylic acids is 2. The molecule has 0 bridgehead atoms. The number of pyridine rings is 1. The number of benzene rings is 2. The SMILES string of the molecule is O=C1Nc2ccc(C#CCc3ccncc3)cc2C(=O)C1=Cc1cccc(Cl)c1. The molecule has 0 radical (unpaired) electrons. The van der Waals surface area contributed by atoms with Gasteiger partial charge < -0.3 is 5.32 Å². The van der Waals surface area contributed by atoms with Crippen LogP contribution in [0.3, 0.4) is 0 Å². The summed E-state index contributed by atoms with van der Waals surface area (Å²) in [7, 11) is 0. The number of hydrogen-bond acceptors (Lipinski definition) is 3. The van der Waals surface area contributed by atoms with E-state index in [1.54, 1.807) is 60.9 Å². The summed E-state index contributed by atoms with van der Waals surface area (Å²) in [5, 5.41) is 3.31. The molecule has 0 aliphatic carbocycles. The van der Waals surface area contributed by atoms with Gasteiger partial charge in [-0.1, -0.05) is 35.6 Å². The molecule has 2 aromatic carbocycles. The summed E-state index contributed by atoms with van der Waals surface area (Å²) < 4.78 is 0. The summed E-state index contributed by atoms with van der Waals surface area (Å²) in [5.74, 6) is 5.41. The molecule has 0 unspecified atom stereocenters. The summed E-state index contributed by atoms with van der Waals surface area (Å²) in [5.41, 5.74) is 3.45. The lowest BCUT2D eigenvalue weighted by atomic mass is 9.94. The predicted octanol–water partition coefficient (Wildman–Crippen LogP) is 4.55. The van der Waals surface area contributed by atoms with Crippen LogP contribution in [0.15, 0.2) is 72.6 Å². The van der Waals surface area contributed by atoms with Gasteiger partial charge in [-0.2, -0.15) is 0 Å². The van der Waals surface area contributed by atoms with E-state index >= 15 is 0 Å². The van der Waals surface area contributed by atoms with Crippen LogP contribution in [0.4, 0.5) is 5.69 Å². The number of Topliss-reactive ketones (excluding diaryl/α,β-unsaturated/α-hetero) is 1. The Labute approximate surface area is 173 Å². The van der Waals surface area contributed by atoms with Crippen molar-refractivity contribution >= 4 is 35.1 Å². The Kier molecular flexibility index (Phi) is 5.24. The van der Waals surface area contributed by atoms with E-state index in [-0.39, 0.29) is 11.4 Å². The minimum atomic E-state index is -0.431. The van der Waals surface area contributed by atoms with Gasteiger partial charge in [0.15, 0.2) is 0 Å². The van der Waals surface area contributed by atoms with Crippen molar-refractivity contribution in [3.8, 4) is 11.8 Å². The van der Waals surface area contributed by atoms with Gasteiger partial charge in [-0.15, -0.1) is 0 Å². The zero-order valence-electron chi connectivity index (χ0n) is 15.3. The van der Waals surface area contributed by atoms with Crippen LogP contribution in [0.25, 0.3) is 6.08 Å². The Balaban J connectivity index is 1.62. The van der Waals surface area contributed by atoms with Gasteiger partial charge in [0.2, 0.25) is 5.78 Å². The zero-order chi connectivity index (χ0) is 20.2. The number of anilines is 1. The third-order valence-electron chi connectivity index (χ3n) is 4.44. The number of ketones is 1. The predicted molar refractivity (Wildman–Crippen MR) is 114 cm³/mol. The van der Waals surface area contributed by atoms with Crippen molar-refractivity contribution in [1.82, 2.24) is 4.98 Å². The highest BCUT2D eigenvalue weighted by Gasteiger charge is 2.28. The molecule has 0 spiro atoms. The second kappa shape index (κ2) is 8.14. The summed E-state index contributed by atoms with van der Waals surface area (Å²) in [6.45, 7) is 0. The largest absolute Gasteiger partial charge is 0.321 e. The summed E-state index contributed by atoms with van der Waals surface area (Å²) in [6.07, 6.45) is 5.59. The van der Waals surface area contributed by atoms with Crippen LogP contribution in [-0.4, -0.2) is 16.7 Å². The van der Waals surface area contributed by atoms with Crippen molar-refractivity contribution in [3.05, 3.63) is 99.8 Å². The van der Waals surface area contributed by atoms with E-state index < -0.39 is 5.91 Å². The van der Waals surface area contributed by atoms with Gasteiger partial charge in [-0.3, -0.25) is 14.6 Å². The van der Waals surface area contributed by atoms with E-state index in [2.05, 4.69) is 22.1 Å². The monoisotopic (exact) mass is 398 g/mol. The van der Waals surface area contributed by atoms with Gasteiger partial charge in [-0.25, -0.2) is 0 Å². The van der Waals surface area contributed by atoms with Crippen LogP contribution in [0.5, 0.6) is 0 Å². The summed E-state index contributed by atoms with van der Waals surface area (Å²) in [6, 6.07) is 16.0. The van der Waals surface area contributed by atoms with E-state index in [0.29, 0.717) is 33.8 Å². The number of aromatic nitrogens is 1. The maximum Gasteiger partial charge on any atom is 0.259 e. The molecule has 3 aromatic rings. The molecule has 5 heteroatoms. The molecule has 29 heavy (non-hydrogen) atoms. The smallest absolute Gasteiger partial charge is 0.259 e. The Morgan fingerprint density at radius 3 is 2.66 bits per heavy atom. The first kappa shape index (κ1) is 18.7. The fraction of sp³-hybridized carbons (Fsp3) is 0.0417. The molecular weight excluding hydrogens is 384 g/mol. The van der Waals surface area contributed by atoms with Crippen molar-refractivity contribution in [2.24, 2.45) is 0 Å². The number of hydrogen-bond donors (Lipinski definition) is 1. The molecule has 1 N–H and O–H groups in total. The standard InChI is InChI=1S/C24H15ClN2O2/c25-19-6-2-5-18(13-19)15-21-23(28)20-14-17(7-8-22(20)27-24(21)29)4-1-3-16-9-11-26-12-10-16/h2,5-15H,3H2,(H,27,29). The number of fused-ring (bicyclic) bond motifs is 1. The number of nitrogens with zero attached hydrogens (tertiary/aromatic N) is 1. The highest BCUT2D eigenvalue weighted by Crippen LogP contribution is 2.27. The molecule has 1 aliphatic heterocycles. The Morgan fingerprint density at radius 1 is 1.03 bits per heavy atom. The highest BCUT2D eigenvalue weighted by molar-refractivity contribution is 6.36. The Hall–Kier alpha value is -3.68. The fourth-order valence-electron chi connectivity index (χ4n) is 3.00. The first-order valence-corrected chi connectivity index (χ1v) is 9.33. The molecule has 1 aromatic heterocycles. The third kappa shape index (κ3) is 4.26. The van der Waals surface area contributed by atoms with Gasteiger partial charge in [-0.05, 0) is 59.7 Å². The molecule has 0 fully saturated rings. The second-order valence-corrected chi connectivity index (χ2v) is 6.93. The van der Waals surface area contributed by atoms with Crippen LogP contribution in [0, 0.1) is 11.8 Å². The molecule has 4 nitrogen and oxygen atoms in total. The lowest BCUT2D eigenvalue weighted by molar-refractivity contribution is -0.112. The average molecular weight is 399 g/mol. The second-order valence-electron chi connectivity index (χ2n) is 6.49. The van der Waals surface area contributed by atoms with Crippen LogP contribution in [-0.2, 0) is 11.2 Å². The van der Waals surface area contributed by atoms with E-state index in [1.807, 2.05) is 12.1 Å². The Morgan fingerprint density at radius 2 is 1.86 bits per heavy atom. The molecule has 140 valence electrons. The van der Waals surface area contributed by atoms with Crippen molar-refractivity contribution < 1.29 is 9.59 Å². The van der Waals surface area contributed by atoms with Gasteiger partial charge in [0, 0.05) is 35.0 Å². The highest BCUT2D eigenvalue weighted by atomic mass is 35.5. The van der Waals surface area contributed by atoms with E-state index in [9.17, 15) is 9.59 Å². The van der Waals surface area contributed by atoms with Gasteiger partial charge >= 0.3 is 0 Å². The lowest BCUT2D eigenvalue weighted by Crippen LogP contribution is -2.27. The minimum Gasteiger partial charge on any atom is -0.321 e. The number of amides is 1. The van der Waals surface area contributed by atoms with Crippen molar-refractivity contribution in [2.75, 3.05) is 5.32 Å². The molecule has 2 heterocycles. The van der Waals surface area contributed by atoms with Crippen molar-refractivity contribution in [1.29, 1.82) is 0 Å². The number of rotatable bonds is 2. The molecule has 1 amide bonds. The van der Waals surface area contributed by atoms with Gasteiger partial charge in [0.25, 0.3) is 5.91 Å². The van der Waals surface area contributed by atoms with Crippen molar-refractivity contribution in [2.45, 2.75) is 6.42 Å². The average Bonchev–Trinajstić information content (AvgIpc) is 2.72. The van der Waals surface area contributed by atoms with Crippen molar-refractivity contribution in [3.63, 3.8) is 0 Å². The molecule has 4 rings (SSSR count).